The Balaban J connectivity index is 1.80. The van der Waals surface area contributed by atoms with Gasteiger partial charge in [-0.1, -0.05) is 12.1 Å². The molecule has 2 fully saturated rings. The van der Waals surface area contributed by atoms with Gasteiger partial charge in [0.15, 0.2) is 0 Å². The summed E-state index contributed by atoms with van der Waals surface area (Å²) in [4.78, 5) is 4.47. The maximum absolute atomic E-state index is 6.35. The van der Waals surface area contributed by atoms with Gasteiger partial charge in [0.2, 0.25) is 5.28 Å². The fourth-order valence-electron chi connectivity index (χ4n) is 3.60. The smallest absolute Gasteiger partial charge is 0.204 e. The summed E-state index contributed by atoms with van der Waals surface area (Å²) in [6.07, 6.45) is 4.98. The Morgan fingerprint density at radius 2 is 1.89 bits per heavy atom. The molecule has 1 aromatic carbocycles. The van der Waals surface area contributed by atoms with Crippen LogP contribution < -0.4 is 5.32 Å². The second kappa shape index (κ2) is 3.97. The number of nitrogens with zero attached hydrogens (tertiary/aromatic N) is 2. The lowest BCUT2D eigenvalue weighted by molar-refractivity contribution is 0.303. The monoisotopic (exact) mass is 261 g/mol. The van der Waals surface area contributed by atoms with Crippen molar-refractivity contribution in [3.05, 3.63) is 29.5 Å². The highest BCUT2D eigenvalue weighted by molar-refractivity contribution is 6.29. The van der Waals surface area contributed by atoms with E-state index in [1.54, 1.807) is 0 Å². The Kier molecular flexibility index (Phi) is 2.39. The van der Waals surface area contributed by atoms with E-state index >= 15 is 0 Å². The molecule has 18 heavy (non-hydrogen) atoms. The van der Waals surface area contributed by atoms with Crippen LogP contribution in [0.1, 0.15) is 31.7 Å². The number of aromatic nitrogens is 2. The predicted molar refractivity (Wildman–Crippen MR) is 73.0 cm³/mol. The average Bonchev–Trinajstić information content (AvgIpc) is 2.88. The highest BCUT2D eigenvalue weighted by Gasteiger charge is 2.35. The molecule has 94 valence electrons. The SMILES string of the molecule is Clc1nc2ccccc2n1C1C[C@H]2CC[C@@H](C1)N2. The molecule has 0 aliphatic carbocycles. The van der Waals surface area contributed by atoms with Crippen LogP contribution in [0.5, 0.6) is 0 Å². The van der Waals surface area contributed by atoms with E-state index in [4.69, 9.17) is 11.6 Å². The van der Waals surface area contributed by atoms with Gasteiger partial charge in [-0.3, -0.25) is 0 Å². The molecule has 3 atom stereocenters. The quantitative estimate of drug-likeness (QED) is 0.855. The van der Waals surface area contributed by atoms with Crippen LogP contribution in [-0.4, -0.2) is 21.6 Å². The van der Waals surface area contributed by atoms with Crippen LogP contribution >= 0.6 is 11.6 Å². The highest BCUT2D eigenvalue weighted by Crippen LogP contribution is 2.37. The van der Waals surface area contributed by atoms with Gasteiger partial charge in [-0.05, 0) is 49.4 Å². The second-order valence-corrected chi connectivity index (χ2v) is 5.84. The summed E-state index contributed by atoms with van der Waals surface area (Å²) < 4.78 is 2.24. The van der Waals surface area contributed by atoms with Gasteiger partial charge in [0.25, 0.3) is 0 Å². The van der Waals surface area contributed by atoms with Crippen molar-refractivity contribution in [3.63, 3.8) is 0 Å². The summed E-state index contributed by atoms with van der Waals surface area (Å²) in [5.74, 6) is 0. The first-order chi connectivity index (χ1) is 8.81. The topological polar surface area (TPSA) is 29.9 Å². The Bertz CT molecular complexity index is 580. The van der Waals surface area contributed by atoms with Crippen LogP contribution in [0.15, 0.2) is 24.3 Å². The Hall–Kier alpha value is -1.06. The number of piperidine rings is 1. The summed E-state index contributed by atoms with van der Waals surface area (Å²) in [7, 11) is 0. The van der Waals surface area contributed by atoms with Gasteiger partial charge in [0.05, 0.1) is 11.0 Å². The van der Waals surface area contributed by atoms with E-state index in [1.165, 1.54) is 31.2 Å². The van der Waals surface area contributed by atoms with E-state index in [-0.39, 0.29) is 0 Å². The average molecular weight is 262 g/mol. The zero-order valence-electron chi connectivity index (χ0n) is 10.1. The highest BCUT2D eigenvalue weighted by atomic mass is 35.5. The van der Waals surface area contributed by atoms with E-state index in [1.807, 2.05) is 12.1 Å². The zero-order chi connectivity index (χ0) is 12.1. The van der Waals surface area contributed by atoms with E-state index < -0.39 is 0 Å². The van der Waals surface area contributed by atoms with Crippen molar-refractivity contribution in [1.82, 2.24) is 14.9 Å². The van der Waals surface area contributed by atoms with Crippen LogP contribution in [0, 0.1) is 0 Å². The zero-order valence-corrected chi connectivity index (χ0v) is 10.9. The van der Waals surface area contributed by atoms with Crippen molar-refractivity contribution in [2.24, 2.45) is 0 Å². The number of imidazole rings is 1. The number of hydrogen-bond acceptors (Lipinski definition) is 2. The lowest BCUT2D eigenvalue weighted by Gasteiger charge is -2.30. The van der Waals surface area contributed by atoms with Crippen molar-refractivity contribution in [1.29, 1.82) is 0 Å². The molecule has 1 unspecified atom stereocenters. The maximum atomic E-state index is 6.35. The summed E-state index contributed by atoms with van der Waals surface area (Å²) >= 11 is 6.35. The summed E-state index contributed by atoms with van der Waals surface area (Å²) in [5, 5.41) is 4.31. The standard InChI is InChI=1S/C14H16ClN3/c15-14-17-12-3-1-2-4-13(12)18(14)11-7-9-5-6-10(8-11)16-9/h1-4,9-11,16H,5-8H2/t9-,10+,11?. The Morgan fingerprint density at radius 3 is 2.67 bits per heavy atom. The van der Waals surface area contributed by atoms with Gasteiger partial charge in [-0.15, -0.1) is 0 Å². The molecule has 0 radical (unpaired) electrons. The third-order valence-corrected chi connectivity index (χ3v) is 4.63. The first-order valence-corrected chi connectivity index (χ1v) is 7.07. The van der Waals surface area contributed by atoms with Gasteiger partial charge < -0.3 is 9.88 Å². The lowest BCUT2D eigenvalue weighted by Crippen LogP contribution is -2.38. The minimum Gasteiger partial charge on any atom is -0.311 e. The largest absolute Gasteiger partial charge is 0.311 e. The van der Waals surface area contributed by atoms with E-state index in [9.17, 15) is 0 Å². The third-order valence-electron chi connectivity index (χ3n) is 4.37. The van der Waals surface area contributed by atoms with Gasteiger partial charge in [0.1, 0.15) is 0 Å². The minimum absolute atomic E-state index is 0.503. The minimum atomic E-state index is 0.503. The Morgan fingerprint density at radius 1 is 1.17 bits per heavy atom. The predicted octanol–water partition coefficient (Wildman–Crippen LogP) is 3.15. The summed E-state index contributed by atoms with van der Waals surface area (Å²) in [6, 6.07) is 10.1. The van der Waals surface area contributed by atoms with E-state index in [2.05, 4.69) is 27.0 Å². The van der Waals surface area contributed by atoms with Gasteiger partial charge >= 0.3 is 0 Å². The number of para-hydroxylation sites is 2. The van der Waals surface area contributed by atoms with Gasteiger partial charge in [-0.25, -0.2) is 4.98 Å². The number of fused-ring (bicyclic) bond motifs is 3. The van der Waals surface area contributed by atoms with Crippen LogP contribution in [-0.2, 0) is 0 Å². The number of benzene rings is 1. The van der Waals surface area contributed by atoms with Gasteiger partial charge in [0, 0.05) is 18.1 Å². The van der Waals surface area contributed by atoms with Crippen LogP contribution in [0.3, 0.4) is 0 Å². The van der Waals surface area contributed by atoms with Crippen LogP contribution in [0.25, 0.3) is 11.0 Å². The number of rotatable bonds is 1. The summed E-state index contributed by atoms with van der Waals surface area (Å²) in [5.41, 5.74) is 2.18. The van der Waals surface area contributed by atoms with Crippen LogP contribution in [0.2, 0.25) is 5.28 Å². The molecule has 0 amide bonds. The van der Waals surface area contributed by atoms with Crippen molar-refractivity contribution in [3.8, 4) is 0 Å². The molecule has 2 aliphatic rings. The molecule has 4 rings (SSSR count). The fourth-order valence-corrected chi connectivity index (χ4v) is 3.92. The number of halogens is 1. The molecule has 4 heteroatoms. The molecular formula is C14H16ClN3. The first-order valence-electron chi connectivity index (χ1n) is 6.70. The second-order valence-electron chi connectivity index (χ2n) is 5.50. The third kappa shape index (κ3) is 1.57. The van der Waals surface area contributed by atoms with Crippen molar-refractivity contribution >= 4 is 22.6 Å². The fraction of sp³-hybridized carbons (Fsp3) is 0.500. The summed E-state index contributed by atoms with van der Waals surface area (Å²) in [6.45, 7) is 0. The first kappa shape index (κ1) is 10.8. The molecule has 3 nitrogen and oxygen atoms in total. The number of nitrogens with one attached hydrogen (secondary N) is 1. The molecule has 0 spiro atoms. The molecular weight excluding hydrogens is 246 g/mol. The molecule has 1 aromatic heterocycles. The van der Waals surface area contributed by atoms with E-state index in [0.29, 0.717) is 23.4 Å². The normalized spacial score (nSPS) is 31.1. The van der Waals surface area contributed by atoms with Crippen molar-refractivity contribution in [2.75, 3.05) is 0 Å². The molecule has 0 saturated carbocycles. The Labute approximate surface area is 111 Å². The maximum Gasteiger partial charge on any atom is 0.204 e. The van der Waals surface area contributed by atoms with E-state index in [0.717, 1.165) is 5.52 Å². The van der Waals surface area contributed by atoms with Crippen LogP contribution in [0.4, 0.5) is 0 Å². The molecule has 1 N–H and O–H groups in total. The molecule has 2 bridgehead atoms. The number of hydrogen-bond donors (Lipinski definition) is 1. The molecule has 2 saturated heterocycles. The molecule has 3 heterocycles. The van der Waals surface area contributed by atoms with Crippen molar-refractivity contribution < 1.29 is 0 Å². The lowest BCUT2D eigenvalue weighted by atomic mass is 9.99. The van der Waals surface area contributed by atoms with Crippen molar-refractivity contribution in [2.45, 2.75) is 43.8 Å². The molecule has 2 aliphatic heterocycles. The van der Waals surface area contributed by atoms with Gasteiger partial charge in [-0.2, -0.15) is 0 Å². The molecule has 2 aromatic rings.